The lowest BCUT2D eigenvalue weighted by molar-refractivity contribution is 0.0546. The van der Waals surface area contributed by atoms with Crippen molar-refractivity contribution in [2.45, 2.75) is 51.9 Å². The Morgan fingerprint density at radius 1 is 1.24 bits per heavy atom. The number of benzene rings is 1. The number of likely N-dealkylation sites (N-methyl/N-ethyl adjacent to an activating group) is 1. The molecule has 4 nitrogen and oxygen atoms in total. The van der Waals surface area contributed by atoms with Gasteiger partial charge in [-0.15, -0.1) is 0 Å². The Morgan fingerprint density at radius 2 is 2.00 bits per heavy atom. The normalized spacial score (nSPS) is 26.2. The van der Waals surface area contributed by atoms with Crippen LogP contribution in [0.1, 0.15) is 45.2 Å². The lowest BCUT2D eigenvalue weighted by atomic mass is 10.0. The van der Waals surface area contributed by atoms with Crippen LogP contribution in [0.25, 0.3) is 0 Å². The number of hydrogen-bond donors (Lipinski definition) is 1. The second kappa shape index (κ2) is 8.47. The van der Waals surface area contributed by atoms with Gasteiger partial charge in [0.15, 0.2) is 0 Å². The second-order valence-corrected chi connectivity index (χ2v) is 7.40. The molecule has 0 aromatic heterocycles. The minimum absolute atomic E-state index is 0.106. The van der Waals surface area contributed by atoms with Crippen molar-refractivity contribution in [3.05, 3.63) is 29.6 Å². The average molecular weight is 349 g/mol. The van der Waals surface area contributed by atoms with Crippen LogP contribution in [-0.4, -0.2) is 56.4 Å². The van der Waals surface area contributed by atoms with E-state index in [0.29, 0.717) is 6.10 Å². The number of ether oxygens (including phenoxy) is 1. The van der Waals surface area contributed by atoms with E-state index in [1.165, 1.54) is 0 Å². The molecule has 0 amide bonds. The molecular weight excluding hydrogens is 317 g/mol. The van der Waals surface area contributed by atoms with Crippen LogP contribution >= 0.6 is 0 Å². The van der Waals surface area contributed by atoms with Gasteiger partial charge in [0.2, 0.25) is 0 Å². The molecule has 1 N–H and O–H groups in total. The molecule has 2 saturated heterocycles. The summed E-state index contributed by atoms with van der Waals surface area (Å²) in [5, 5.41) is 3.56. The number of nitrogens with zero attached hydrogens (tertiary/aromatic N) is 2. The maximum Gasteiger partial charge on any atom is 0.123 e. The number of halogens is 1. The maximum absolute atomic E-state index is 13.9. The molecule has 2 heterocycles. The van der Waals surface area contributed by atoms with Gasteiger partial charge in [-0.05, 0) is 57.0 Å². The fourth-order valence-electron chi connectivity index (χ4n) is 3.92. The molecule has 0 radical (unpaired) electrons. The van der Waals surface area contributed by atoms with Crippen molar-refractivity contribution >= 4 is 5.69 Å². The topological polar surface area (TPSA) is 27.7 Å². The van der Waals surface area contributed by atoms with Gasteiger partial charge in [0, 0.05) is 44.5 Å². The van der Waals surface area contributed by atoms with E-state index in [1.54, 1.807) is 12.1 Å². The first-order valence-corrected chi connectivity index (χ1v) is 9.72. The summed E-state index contributed by atoms with van der Waals surface area (Å²) in [6.45, 7) is 12.5. The number of piperazine rings is 1. The molecule has 3 atom stereocenters. The van der Waals surface area contributed by atoms with Crippen LogP contribution in [-0.2, 0) is 4.74 Å². The van der Waals surface area contributed by atoms with Crippen LogP contribution in [0.4, 0.5) is 10.1 Å². The summed E-state index contributed by atoms with van der Waals surface area (Å²) in [6.07, 6.45) is 2.88. The highest BCUT2D eigenvalue weighted by molar-refractivity contribution is 5.55. The van der Waals surface area contributed by atoms with Gasteiger partial charge in [0.05, 0.1) is 12.2 Å². The van der Waals surface area contributed by atoms with Gasteiger partial charge in [0.1, 0.15) is 5.82 Å². The van der Waals surface area contributed by atoms with Crippen LogP contribution in [0.5, 0.6) is 0 Å². The van der Waals surface area contributed by atoms with Crippen LogP contribution in [0.2, 0.25) is 0 Å². The summed E-state index contributed by atoms with van der Waals surface area (Å²) in [5.74, 6) is -0.162. The number of rotatable bonds is 6. The van der Waals surface area contributed by atoms with Gasteiger partial charge in [-0.3, -0.25) is 0 Å². The van der Waals surface area contributed by atoms with Crippen molar-refractivity contribution in [2.75, 3.05) is 44.2 Å². The molecule has 0 saturated carbocycles. The minimum atomic E-state index is -0.162. The van der Waals surface area contributed by atoms with E-state index in [-0.39, 0.29) is 18.0 Å². The van der Waals surface area contributed by atoms with Crippen LogP contribution < -0.4 is 10.2 Å². The molecule has 2 aliphatic heterocycles. The van der Waals surface area contributed by atoms with Crippen LogP contribution in [0.15, 0.2) is 18.2 Å². The molecule has 1 aromatic carbocycles. The highest BCUT2D eigenvalue weighted by Gasteiger charge is 2.24. The maximum atomic E-state index is 13.9. The van der Waals surface area contributed by atoms with Crippen molar-refractivity contribution in [2.24, 2.45) is 0 Å². The molecule has 0 spiro atoms. The first-order chi connectivity index (χ1) is 12.1. The summed E-state index contributed by atoms with van der Waals surface area (Å²) >= 11 is 0. The fraction of sp³-hybridized carbons (Fsp3) is 0.700. The summed E-state index contributed by atoms with van der Waals surface area (Å²) in [7, 11) is 0. The molecule has 0 aliphatic carbocycles. The third kappa shape index (κ3) is 4.72. The SMILES string of the molecule is CCN1CCN(c2ccc(F)cc2C(C)NCC2CCC(C)O2)CC1. The van der Waals surface area contributed by atoms with Crippen LogP contribution in [0.3, 0.4) is 0 Å². The molecule has 2 fully saturated rings. The Balaban J connectivity index is 1.66. The Hall–Kier alpha value is -1.17. The fourth-order valence-corrected chi connectivity index (χ4v) is 3.92. The van der Waals surface area contributed by atoms with Gasteiger partial charge < -0.3 is 19.9 Å². The minimum Gasteiger partial charge on any atom is -0.374 e. The highest BCUT2D eigenvalue weighted by Crippen LogP contribution is 2.29. The Morgan fingerprint density at radius 3 is 2.64 bits per heavy atom. The number of nitrogens with one attached hydrogen (secondary N) is 1. The van der Waals surface area contributed by atoms with Crippen molar-refractivity contribution < 1.29 is 9.13 Å². The van der Waals surface area contributed by atoms with Crippen molar-refractivity contribution in [1.82, 2.24) is 10.2 Å². The van der Waals surface area contributed by atoms with E-state index in [9.17, 15) is 4.39 Å². The second-order valence-electron chi connectivity index (χ2n) is 7.40. The van der Waals surface area contributed by atoms with Crippen LogP contribution in [0, 0.1) is 5.82 Å². The third-order valence-electron chi connectivity index (χ3n) is 5.59. The van der Waals surface area contributed by atoms with E-state index < -0.39 is 0 Å². The molecule has 3 rings (SSSR count). The van der Waals surface area contributed by atoms with E-state index in [1.807, 2.05) is 6.07 Å². The summed E-state index contributed by atoms with van der Waals surface area (Å²) in [6, 6.07) is 5.32. The Kier molecular flexibility index (Phi) is 6.31. The quantitative estimate of drug-likeness (QED) is 0.854. The summed E-state index contributed by atoms with van der Waals surface area (Å²) < 4.78 is 19.8. The zero-order valence-corrected chi connectivity index (χ0v) is 15.8. The molecule has 0 bridgehead atoms. The summed E-state index contributed by atoms with van der Waals surface area (Å²) in [4.78, 5) is 4.85. The van der Waals surface area contributed by atoms with Crippen molar-refractivity contribution in [1.29, 1.82) is 0 Å². The molecule has 1 aromatic rings. The number of hydrogen-bond acceptors (Lipinski definition) is 4. The van der Waals surface area contributed by atoms with E-state index in [0.717, 1.165) is 63.4 Å². The molecule has 2 aliphatic rings. The monoisotopic (exact) mass is 349 g/mol. The largest absolute Gasteiger partial charge is 0.374 e. The van der Waals surface area contributed by atoms with Crippen molar-refractivity contribution in [3.8, 4) is 0 Å². The molecule has 5 heteroatoms. The lowest BCUT2D eigenvalue weighted by Crippen LogP contribution is -2.46. The van der Waals surface area contributed by atoms with Crippen molar-refractivity contribution in [3.63, 3.8) is 0 Å². The third-order valence-corrected chi connectivity index (χ3v) is 5.59. The molecular formula is C20H32FN3O. The van der Waals surface area contributed by atoms with E-state index in [4.69, 9.17) is 4.74 Å². The average Bonchev–Trinajstić information content (AvgIpc) is 3.05. The molecule has 25 heavy (non-hydrogen) atoms. The summed E-state index contributed by atoms with van der Waals surface area (Å²) in [5.41, 5.74) is 2.22. The van der Waals surface area contributed by atoms with Gasteiger partial charge in [-0.2, -0.15) is 0 Å². The standard InChI is InChI=1S/C20H32FN3O/c1-4-23-9-11-24(12-10-23)20-8-6-17(21)13-19(20)16(3)22-14-18-7-5-15(2)25-18/h6,8,13,15-16,18,22H,4-5,7,9-12,14H2,1-3H3. The van der Waals surface area contributed by atoms with Gasteiger partial charge in [-0.1, -0.05) is 6.92 Å². The Bertz CT molecular complexity index is 560. The van der Waals surface area contributed by atoms with Gasteiger partial charge >= 0.3 is 0 Å². The smallest absolute Gasteiger partial charge is 0.123 e. The lowest BCUT2D eigenvalue weighted by Gasteiger charge is -2.37. The Labute approximate surface area is 151 Å². The predicted molar refractivity (Wildman–Crippen MR) is 101 cm³/mol. The first kappa shape index (κ1) is 18.6. The van der Waals surface area contributed by atoms with Gasteiger partial charge in [-0.25, -0.2) is 4.39 Å². The van der Waals surface area contributed by atoms with E-state index in [2.05, 4.69) is 35.9 Å². The molecule has 140 valence electrons. The van der Waals surface area contributed by atoms with Gasteiger partial charge in [0.25, 0.3) is 0 Å². The highest BCUT2D eigenvalue weighted by atomic mass is 19.1. The number of anilines is 1. The molecule has 3 unspecified atom stereocenters. The van der Waals surface area contributed by atoms with E-state index >= 15 is 0 Å². The zero-order valence-electron chi connectivity index (χ0n) is 15.8. The first-order valence-electron chi connectivity index (χ1n) is 9.72. The zero-order chi connectivity index (χ0) is 17.8. The predicted octanol–water partition coefficient (Wildman–Crippen LogP) is 3.19.